The monoisotopic (exact) mass is 317 g/mol. The van der Waals surface area contributed by atoms with Crippen molar-refractivity contribution in [3.63, 3.8) is 0 Å². The number of aromatic nitrogens is 2. The first-order valence-corrected chi connectivity index (χ1v) is 7.38. The van der Waals surface area contributed by atoms with Gasteiger partial charge in [0, 0.05) is 25.7 Å². The van der Waals surface area contributed by atoms with E-state index in [9.17, 15) is 4.79 Å². The van der Waals surface area contributed by atoms with Crippen LogP contribution in [-0.2, 0) is 12.0 Å². The second kappa shape index (κ2) is 6.68. The van der Waals surface area contributed by atoms with Crippen molar-refractivity contribution >= 4 is 17.4 Å². The Morgan fingerprint density at radius 1 is 1.35 bits per heavy atom. The summed E-state index contributed by atoms with van der Waals surface area (Å²) in [6.45, 7) is 6.40. The van der Waals surface area contributed by atoms with Gasteiger partial charge in [0.15, 0.2) is 0 Å². The molecule has 0 atom stereocenters. The third kappa shape index (κ3) is 4.45. The van der Waals surface area contributed by atoms with E-state index in [0.717, 1.165) is 11.4 Å². The zero-order chi connectivity index (χ0) is 17.0. The van der Waals surface area contributed by atoms with Crippen LogP contribution in [0.4, 0.5) is 16.2 Å². The van der Waals surface area contributed by atoms with Gasteiger partial charge < -0.3 is 20.0 Å². The minimum atomic E-state index is -0.324. The van der Waals surface area contributed by atoms with Gasteiger partial charge >= 0.3 is 6.03 Å². The largest absolute Gasteiger partial charge is 0.447 e. The van der Waals surface area contributed by atoms with Crippen molar-refractivity contribution in [2.75, 3.05) is 24.3 Å². The summed E-state index contributed by atoms with van der Waals surface area (Å²) >= 11 is 0. The first-order valence-electron chi connectivity index (χ1n) is 7.38. The van der Waals surface area contributed by atoms with E-state index >= 15 is 0 Å². The molecule has 2 rings (SSSR count). The fourth-order valence-corrected chi connectivity index (χ4v) is 1.91. The lowest BCUT2D eigenvalue weighted by atomic mass is 9.93. The van der Waals surface area contributed by atoms with E-state index < -0.39 is 0 Å². The van der Waals surface area contributed by atoms with E-state index in [2.05, 4.69) is 41.4 Å². The van der Waals surface area contributed by atoms with Gasteiger partial charge in [0.2, 0.25) is 5.89 Å². The summed E-state index contributed by atoms with van der Waals surface area (Å²) < 4.78 is 5.38. The number of oxazole rings is 1. The first kappa shape index (κ1) is 16.8. The Labute approximate surface area is 136 Å². The van der Waals surface area contributed by atoms with Gasteiger partial charge in [-0.3, -0.25) is 4.98 Å². The SMILES string of the molecule is CN(C)c1cnccc1NC(=O)NCc1nc(C(C)(C)C)co1. The average molecular weight is 317 g/mol. The van der Waals surface area contributed by atoms with Gasteiger partial charge in [-0.05, 0) is 6.07 Å². The molecule has 2 aromatic heterocycles. The number of nitrogens with zero attached hydrogens (tertiary/aromatic N) is 3. The van der Waals surface area contributed by atoms with Crippen LogP contribution in [0.3, 0.4) is 0 Å². The van der Waals surface area contributed by atoms with Crippen LogP contribution in [0.5, 0.6) is 0 Å². The van der Waals surface area contributed by atoms with Gasteiger partial charge in [-0.1, -0.05) is 20.8 Å². The highest BCUT2D eigenvalue weighted by Crippen LogP contribution is 2.22. The molecule has 2 heterocycles. The van der Waals surface area contributed by atoms with Crippen molar-refractivity contribution in [2.45, 2.75) is 32.7 Å². The molecule has 0 aliphatic rings. The quantitative estimate of drug-likeness (QED) is 0.906. The minimum Gasteiger partial charge on any atom is -0.447 e. The van der Waals surface area contributed by atoms with E-state index in [1.54, 1.807) is 24.7 Å². The molecule has 0 unspecified atom stereocenters. The molecule has 0 spiro atoms. The molecule has 7 heteroatoms. The van der Waals surface area contributed by atoms with E-state index in [1.807, 2.05) is 19.0 Å². The third-order valence-corrected chi connectivity index (χ3v) is 3.25. The molecule has 0 saturated carbocycles. The van der Waals surface area contributed by atoms with Gasteiger partial charge in [-0.2, -0.15) is 0 Å². The third-order valence-electron chi connectivity index (χ3n) is 3.25. The molecule has 2 N–H and O–H groups in total. The van der Waals surface area contributed by atoms with Crippen molar-refractivity contribution in [3.8, 4) is 0 Å². The molecule has 0 saturated heterocycles. The van der Waals surface area contributed by atoms with Gasteiger partial charge in [-0.25, -0.2) is 9.78 Å². The Bertz CT molecular complexity index is 673. The lowest BCUT2D eigenvalue weighted by Crippen LogP contribution is -2.29. The standard InChI is InChI=1S/C16H23N5O2/c1-16(2,3)13-10-23-14(20-13)9-18-15(22)19-11-6-7-17-8-12(11)21(4)5/h6-8,10H,9H2,1-5H3,(H2,17,18,19,22). The average Bonchev–Trinajstić information content (AvgIpc) is 2.94. The Morgan fingerprint density at radius 3 is 2.70 bits per heavy atom. The van der Waals surface area contributed by atoms with Crippen LogP contribution in [0, 0.1) is 0 Å². The zero-order valence-electron chi connectivity index (χ0n) is 14.2. The molecule has 0 aliphatic carbocycles. The number of urea groups is 1. The molecular formula is C16H23N5O2. The maximum absolute atomic E-state index is 12.0. The summed E-state index contributed by atoms with van der Waals surface area (Å²) in [5, 5.41) is 5.53. The smallest absolute Gasteiger partial charge is 0.319 e. The molecule has 0 aliphatic heterocycles. The summed E-state index contributed by atoms with van der Waals surface area (Å²) in [6.07, 6.45) is 4.95. The predicted octanol–water partition coefficient (Wildman–Crippen LogP) is 2.75. The maximum atomic E-state index is 12.0. The topological polar surface area (TPSA) is 83.3 Å². The molecule has 124 valence electrons. The van der Waals surface area contributed by atoms with Crippen molar-refractivity contribution in [3.05, 3.63) is 36.3 Å². The van der Waals surface area contributed by atoms with Crippen LogP contribution in [0.25, 0.3) is 0 Å². The summed E-state index contributed by atoms with van der Waals surface area (Å²) in [7, 11) is 3.78. The summed E-state index contributed by atoms with van der Waals surface area (Å²) in [6, 6.07) is 1.42. The number of carbonyl (C=O) groups is 1. The molecule has 23 heavy (non-hydrogen) atoms. The number of anilines is 2. The van der Waals surface area contributed by atoms with E-state index in [1.165, 1.54) is 0 Å². The lowest BCUT2D eigenvalue weighted by Gasteiger charge is -2.17. The highest BCUT2D eigenvalue weighted by Gasteiger charge is 2.18. The second-order valence-corrected chi connectivity index (χ2v) is 6.47. The van der Waals surface area contributed by atoms with Gasteiger partial charge in [0.25, 0.3) is 0 Å². The fraction of sp³-hybridized carbons (Fsp3) is 0.438. The molecule has 2 aromatic rings. The molecule has 0 bridgehead atoms. The number of hydrogen-bond donors (Lipinski definition) is 2. The second-order valence-electron chi connectivity index (χ2n) is 6.47. The molecule has 7 nitrogen and oxygen atoms in total. The number of pyridine rings is 1. The summed E-state index contributed by atoms with van der Waals surface area (Å²) in [4.78, 5) is 22.3. The van der Waals surface area contributed by atoms with E-state index in [0.29, 0.717) is 11.6 Å². The first-order chi connectivity index (χ1) is 10.8. The zero-order valence-corrected chi connectivity index (χ0v) is 14.2. The Kier molecular flexibility index (Phi) is 4.88. The highest BCUT2D eigenvalue weighted by molar-refractivity contribution is 5.92. The molecule has 0 aromatic carbocycles. The lowest BCUT2D eigenvalue weighted by molar-refractivity contribution is 0.250. The normalized spacial score (nSPS) is 11.2. The number of nitrogens with one attached hydrogen (secondary N) is 2. The highest BCUT2D eigenvalue weighted by atomic mass is 16.3. The van der Waals surface area contributed by atoms with Crippen LogP contribution in [0.15, 0.2) is 29.1 Å². The van der Waals surface area contributed by atoms with Crippen LogP contribution in [0.1, 0.15) is 32.4 Å². The summed E-state index contributed by atoms with van der Waals surface area (Å²) in [5.74, 6) is 0.479. The van der Waals surface area contributed by atoms with Crippen molar-refractivity contribution < 1.29 is 9.21 Å². The number of carbonyl (C=O) groups excluding carboxylic acids is 1. The number of amides is 2. The molecular weight excluding hydrogens is 294 g/mol. The van der Waals surface area contributed by atoms with Gasteiger partial charge in [0.1, 0.15) is 6.26 Å². The number of rotatable bonds is 4. The minimum absolute atomic E-state index is 0.0817. The fourth-order valence-electron chi connectivity index (χ4n) is 1.91. The Morgan fingerprint density at radius 2 is 2.09 bits per heavy atom. The van der Waals surface area contributed by atoms with Crippen LogP contribution in [0.2, 0.25) is 0 Å². The summed E-state index contributed by atoms with van der Waals surface area (Å²) in [5.41, 5.74) is 2.29. The van der Waals surface area contributed by atoms with Crippen LogP contribution in [-0.4, -0.2) is 30.1 Å². The van der Waals surface area contributed by atoms with Gasteiger partial charge in [0.05, 0.1) is 29.8 Å². The Balaban J connectivity index is 1.95. The number of hydrogen-bond acceptors (Lipinski definition) is 5. The Hall–Kier alpha value is -2.57. The van der Waals surface area contributed by atoms with Crippen molar-refractivity contribution in [2.24, 2.45) is 0 Å². The predicted molar refractivity (Wildman–Crippen MR) is 89.6 cm³/mol. The van der Waals surface area contributed by atoms with E-state index in [-0.39, 0.29) is 18.0 Å². The maximum Gasteiger partial charge on any atom is 0.319 e. The molecule has 0 fully saturated rings. The van der Waals surface area contributed by atoms with Crippen LogP contribution < -0.4 is 15.5 Å². The molecule has 0 radical (unpaired) electrons. The van der Waals surface area contributed by atoms with Crippen LogP contribution >= 0.6 is 0 Å². The van der Waals surface area contributed by atoms with Crippen molar-refractivity contribution in [1.29, 1.82) is 0 Å². The van der Waals surface area contributed by atoms with Gasteiger partial charge in [-0.15, -0.1) is 0 Å². The molecule has 2 amide bonds. The van der Waals surface area contributed by atoms with Crippen molar-refractivity contribution in [1.82, 2.24) is 15.3 Å². The van der Waals surface area contributed by atoms with E-state index in [4.69, 9.17) is 4.42 Å².